The Morgan fingerprint density at radius 1 is 1.12 bits per heavy atom. The molecule has 0 bridgehead atoms. The third-order valence-electron chi connectivity index (χ3n) is 2.07. The molecule has 1 aromatic heterocycles. The summed E-state index contributed by atoms with van der Waals surface area (Å²) in [4.78, 5) is 1.13. The van der Waals surface area contributed by atoms with E-state index in [9.17, 15) is 0 Å². The first-order chi connectivity index (χ1) is 8.06. The van der Waals surface area contributed by atoms with E-state index in [0.29, 0.717) is 16.6 Å². The first-order valence-corrected chi connectivity index (χ1v) is 7.48. The van der Waals surface area contributed by atoms with Gasteiger partial charge in [0.2, 0.25) is 0 Å². The number of benzene rings is 1. The molecule has 1 aromatic carbocycles. The van der Waals surface area contributed by atoms with E-state index in [-0.39, 0.29) is 0 Å². The van der Waals surface area contributed by atoms with Crippen molar-refractivity contribution in [3.05, 3.63) is 48.0 Å². The molecule has 0 unspecified atom stereocenters. The Kier molecular flexibility index (Phi) is 4.61. The smallest absolute Gasteiger partial charge is 0.0722 e. The molecule has 0 saturated carbocycles. The molecule has 0 radical (unpaired) electrons. The van der Waals surface area contributed by atoms with E-state index in [1.54, 1.807) is 23.5 Å². The van der Waals surface area contributed by atoms with E-state index in [4.69, 9.17) is 34.8 Å². The fourth-order valence-corrected chi connectivity index (χ4v) is 3.69. The van der Waals surface area contributed by atoms with Crippen molar-refractivity contribution in [3.8, 4) is 0 Å². The third-order valence-corrected chi connectivity index (χ3v) is 4.41. The van der Waals surface area contributed by atoms with Crippen molar-refractivity contribution in [2.24, 2.45) is 0 Å². The van der Waals surface area contributed by atoms with Crippen LogP contribution < -0.4 is 5.32 Å². The number of halogens is 4. The summed E-state index contributed by atoms with van der Waals surface area (Å²) < 4.78 is 0.859. The van der Waals surface area contributed by atoms with Crippen LogP contribution in [0.1, 0.15) is 4.88 Å². The van der Waals surface area contributed by atoms with Crippen LogP contribution in [-0.2, 0) is 6.54 Å². The Morgan fingerprint density at radius 3 is 2.29 bits per heavy atom. The van der Waals surface area contributed by atoms with Gasteiger partial charge in [-0.2, -0.15) is 0 Å². The highest BCUT2D eigenvalue weighted by molar-refractivity contribution is 9.10. The molecule has 0 amide bonds. The molecule has 0 spiro atoms. The van der Waals surface area contributed by atoms with Gasteiger partial charge in [0.15, 0.2) is 0 Å². The normalized spacial score (nSPS) is 10.6. The molecule has 2 aromatic rings. The maximum atomic E-state index is 6.11. The Labute approximate surface area is 127 Å². The van der Waals surface area contributed by atoms with Gasteiger partial charge >= 0.3 is 0 Å². The van der Waals surface area contributed by atoms with Crippen LogP contribution in [0.2, 0.25) is 15.1 Å². The molecule has 0 fully saturated rings. The highest BCUT2D eigenvalue weighted by Gasteiger charge is 2.07. The van der Waals surface area contributed by atoms with Crippen LogP contribution >= 0.6 is 62.1 Å². The zero-order valence-corrected chi connectivity index (χ0v) is 13.1. The lowest BCUT2D eigenvalue weighted by Gasteiger charge is -2.09. The van der Waals surface area contributed by atoms with Gasteiger partial charge in [0.05, 0.1) is 20.8 Å². The van der Waals surface area contributed by atoms with Crippen molar-refractivity contribution >= 4 is 67.8 Å². The van der Waals surface area contributed by atoms with Crippen molar-refractivity contribution in [1.82, 2.24) is 0 Å². The molecule has 0 aliphatic rings. The van der Waals surface area contributed by atoms with Crippen molar-refractivity contribution in [2.45, 2.75) is 6.54 Å². The van der Waals surface area contributed by atoms with Gasteiger partial charge in [-0.1, -0.05) is 50.7 Å². The molecule has 2 rings (SSSR count). The van der Waals surface area contributed by atoms with Gasteiger partial charge in [0.25, 0.3) is 0 Å². The monoisotopic (exact) mass is 369 g/mol. The van der Waals surface area contributed by atoms with E-state index in [1.165, 1.54) is 0 Å². The number of nitrogens with one attached hydrogen (secondary N) is 1. The Balaban J connectivity index is 2.14. The second-order valence-corrected chi connectivity index (χ2v) is 6.49. The lowest BCUT2D eigenvalue weighted by Crippen LogP contribution is -1.98. The van der Waals surface area contributed by atoms with Gasteiger partial charge in [-0.25, -0.2) is 0 Å². The number of anilines is 1. The molecule has 0 aliphatic carbocycles. The average molecular weight is 372 g/mol. The number of hydrogen-bond acceptors (Lipinski definition) is 2. The van der Waals surface area contributed by atoms with Gasteiger partial charge in [0.1, 0.15) is 0 Å². The Bertz CT molecular complexity index is 518. The van der Waals surface area contributed by atoms with Gasteiger partial charge in [0, 0.05) is 21.3 Å². The van der Waals surface area contributed by atoms with E-state index >= 15 is 0 Å². The van der Waals surface area contributed by atoms with Crippen LogP contribution in [0.4, 0.5) is 5.69 Å². The van der Waals surface area contributed by atoms with E-state index < -0.39 is 0 Å². The van der Waals surface area contributed by atoms with Crippen LogP contribution in [0.5, 0.6) is 0 Å². The average Bonchev–Trinajstić information content (AvgIpc) is 2.62. The van der Waals surface area contributed by atoms with Crippen LogP contribution in [0.3, 0.4) is 0 Å². The molecule has 1 N–H and O–H groups in total. The number of thiophene rings is 1. The molecular weight excluding hydrogens is 364 g/mol. The zero-order valence-electron chi connectivity index (χ0n) is 8.44. The van der Waals surface area contributed by atoms with Crippen LogP contribution in [-0.4, -0.2) is 0 Å². The lowest BCUT2D eigenvalue weighted by atomic mass is 10.3. The maximum absolute atomic E-state index is 6.11. The van der Waals surface area contributed by atoms with Crippen LogP contribution in [0, 0.1) is 0 Å². The molecule has 0 aliphatic heterocycles. The van der Waals surface area contributed by atoms with Crippen molar-refractivity contribution < 1.29 is 0 Å². The van der Waals surface area contributed by atoms with Gasteiger partial charge < -0.3 is 5.32 Å². The fraction of sp³-hybridized carbons (Fsp3) is 0.0909. The predicted octanol–water partition coefficient (Wildman–Crippen LogP) is 6.08. The predicted molar refractivity (Wildman–Crippen MR) is 80.8 cm³/mol. The summed E-state index contributed by atoms with van der Waals surface area (Å²) in [5, 5.41) is 7.03. The minimum absolute atomic E-state index is 0.590. The highest BCUT2D eigenvalue weighted by Crippen LogP contribution is 2.34. The molecule has 0 saturated heterocycles. The Hall–Kier alpha value is 0.0700. The van der Waals surface area contributed by atoms with Crippen LogP contribution in [0.25, 0.3) is 0 Å². The lowest BCUT2D eigenvalue weighted by molar-refractivity contribution is 1.19. The summed E-state index contributed by atoms with van der Waals surface area (Å²) in [6, 6.07) is 5.52. The summed E-state index contributed by atoms with van der Waals surface area (Å²) in [5.41, 5.74) is 0.737. The second kappa shape index (κ2) is 5.81. The summed E-state index contributed by atoms with van der Waals surface area (Å²) >= 11 is 23.0. The summed E-state index contributed by atoms with van der Waals surface area (Å²) in [5.74, 6) is 0. The Morgan fingerprint density at radius 2 is 1.76 bits per heavy atom. The summed E-state index contributed by atoms with van der Waals surface area (Å²) in [7, 11) is 0. The van der Waals surface area contributed by atoms with E-state index in [1.807, 2.05) is 11.4 Å². The summed E-state index contributed by atoms with van der Waals surface area (Å²) in [6.45, 7) is 0.651. The maximum Gasteiger partial charge on any atom is 0.0722 e. The highest BCUT2D eigenvalue weighted by atomic mass is 79.9. The van der Waals surface area contributed by atoms with Gasteiger partial charge in [-0.3, -0.25) is 0 Å². The van der Waals surface area contributed by atoms with E-state index in [0.717, 1.165) is 20.1 Å². The van der Waals surface area contributed by atoms with Crippen molar-refractivity contribution in [3.63, 3.8) is 0 Å². The number of hydrogen-bond donors (Lipinski definition) is 1. The molecule has 17 heavy (non-hydrogen) atoms. The summed E-state index contributed by atoms with van der Waals surface area (Å²) in [6.07, 6.45) is 0. The third kappa shape index (κ3) is 3.52. The molecule has 1 heterocycles. The molecule has 0 atom stereocenters. The van der Waals surface area contributed by atoms with Crippen molar-refractivity contribution in [2.75, 3.05) is 5.32 Å². The minimum Gasteiger partial charge on any atom is -0.378 e. The molecule has 90 valence electrons. The minimum atomic E-state index is 0.590. The van der Waals surface area contributed by atoms with Crippen molar-refractivity contribution in [1.29, 1.82) is 0 Å². The standard InChI is InChI=1S/C11H7BrCl3NS/c12-6-1-9(14)11(10(15)2-6)16-4-8-3-7(13)5-17-8/h1-3,5,16H,4H2. The quantitative estimate of drug-likeness (QED) is 0.689. The van der Waals surface area contributed by atoms with Crippen LogP contribution in [0.15, 0.2) is 28.1 Å². The SMILES string of the molecule is Clc1csc(CNc2c(Cl)cc(Br)cc2Cl)c1. The molecule has 6 heteroatoms. The van der Waals surface area contributed by atoms with Gasteiger partial charge in [-0.15, -0.1) is 11.3 Å². The second-order valence-electron chi connectivity index (χ2n) is 3.33. The zero-order chi connectivity index (χ0) is 12.4. The van der Waals surface area contributed by atoms with E-state index in [2.05, 4.69) is 21.2 Å². The first kappa shape index (κ1) is 13.5. The fourth-order valence-electron chi connectivity index (χ4n) is 1.33. The topological polar surface area (TPSA) is 12.0 Å². The number of rotatable bonds is 3. The first-order valence-electron chi connectivity index (χ1n) is 4.67. The largest absolute Gasteiger partial charge is 0.378 e. The molecular formula is C11H7BrCl3NS. The molecule has 1 nitrogen and oxygen atoms in total. The van der Waals surface area contributed by atoms with Gasteiger partial charge in [-0.05, 0) is 18.2 Å².